The molecule has 2 aromatic rings. The second-order valence-electron chi connectivity index (χ2n) is 8.42. The number of ketones is 1. The summed E-state index contributed by atoms with van der Waals surface area (Å²) < 4.78 is 11.1. The lowest BCUT2D eigenvalue weighted by Gasteiger charge is -2.32. The lowest BCUT2D eigenvalue weighted by molar-refractivity contribution is -0.122. The van der Waals surface area contributed by atoms with E-state index in [0.717, 1.165) is 32.5 Å². The topological polar surface area (TPSA) is 67.9 Å². The number of ether oxygens (including phenoxy) is 2. The van der Waals surface area contributed by atoms with Crippen LogP contribution in [-0.4, -0.2) is 49.4 Å². The van der Waals surface area contributed by atoms with Gasteiger partial charge in [0.1, 0.15) is 0 Å². The molecule has 1 aliphatic heterocycles. The first kappa shape index (κ1) is 23.8. The molecule has 0 unspecified atom stereocenters. The van der Waals surface area contributed by atoms with Gasteiger partial charge in [-0.2, -0.15) is 0 Å². The first-order valence-corrected chi connectivity index (χ1v) is 11.3. The second-order valence-corrected chi connectivity index (χ2v) is 8.42. The minimum atomic E-state index is -0.0208. The summed E-state index contributed by atoms with van der Waals surface area (Å²) in [6.45, 7) is 7.06. The summed E-state index contributed by atoms with van der Waals surface area (Å²) in [5.74, 6) is 1.16. The number of Topliss-reactive ketones (excluding diaryl/α,β-unsaturated/α-hetero) is 1. The van der Waals surface area contributed by atoms with Crippen molar-refractivity contribution in [3.8, 4) is 11.5 Å². The summed E-state index contributed by atoms with van der Waals surface area (Å²) in [5, 5.41) is 3.17. The van der Waals surface area contributed by atoms with E-state index in [-0.39, 0.29) is 17.7 Å². The minimum Gasteiger partial charge on any atom is -0.493 e. The van der Waals surface area contributed by atoms with Crippen molar-refractivity contribution >= 4 is 11.7 Å². The van der Waals surface area contributed by atoms with Crippen LogP contribution in [0.15, 0.2) is 42.5 Å². The van der Waals surface area contributed by atoms with E-state index >= 15 is 0 Å². The van der Waals surface area contributed by atoms with Crippen LogP contribution in [0.2, 0.25) is 0 Å². The first-order valence-electron chi connectivity index (χ1n) is 11.3. The predicted octanol–water partition coefficient (Wildman–Crippen LogP) is 4.15. The van der Waals surface area contributed by atoms with Gasteiger partial charge in [0.05, 0.1) is 13.7 Å². The van der Waals surface area contributed by atoms with Gasteiger partial charge in [0.25, 0.3) is 0 Å². The molecule has 6 heteroatoms. The maximum absolute atomic E-state index is 12.3. The van der Waals surface area contributed by atoms with E-state index in [0.29, 0.717) is 36.5 Å². The Kier molecular flexibility index (Phi) is 8.68. The summed E-state index contributed by atoms with van der Waals surface area (Å²) in [6, 6.07) is 13.9. The number of nitrogens with zero attached hydrogens (tertiary/aromatic N) is 1. The zero-order chi connectivity index (χ0) is 22.9. The number of methoxy groups -OCH3 is 1. The first-order chi connectivity index (χ1) is 15.5. The lowest BCUT2D eigenvalue weighted by Crippen LogP contribution is -2.44. The van der Waals surface area contributed by atoms with Gasteiger partial charge in [-0.1, -0.05) is 24.3 Å². The van der Waals surface area contributed by atoms with Crippen molar-refractivity contribution in [1.82, 2.24) is 10.2 Å². The number of amides is 1. The van der Waals surface area contributed by atoms with Gasteiger partial charge in [-0.15, -0.1) is 0 Å². The molecule has 0 aliphatic carbocycles. The van der Waals surface area contributed by atoms with Crippen LogP contribution in [0, 0.1) is 6.92 Å². The van der Waals surface area contributed by atoms with Crippen LogP contribution in [-0.2, 0) is 11.3 Å². The largest absolute Gasteiger partial charge is 0.493 e. The normalized spacial score (nSPS) is 14.7. The van der Waals surface area contributed by atoms with E-state index < -0.39 is 0 Å². The van der Waals surface area contributed by atoms with E-state index in [4.69, 9.17) is 9.47 Å². The van der Waals surface area contributed by atoms with Gasteiger partial charge in [0.15, 0.2) is 17.3 Å². The number of hydrogen-bond donors (Lipinski definition) is 1. The highest BCUT2D eigenvalue weighted by atomic mass is 16.5. The Balaban J connectivity index is 1.35. The van der Waals surface area contributed by atoms with Crippen LogP contribution in [0.1, 0.15) is 54.1 Å². The highest BCUT2D eigenvalue weighted by molar-refractivity contribution is 5.94. The molecule has 1 fully saturated rings. The van der Waals surface area contributed by atoms with Crippen molar-refractivity contribution in [2.45, 2.75) is 52.1 Å². The average Bonchev–Trinajstić information content (AvgIpc) is 2.79. The van der Waals surface area contributed by atoms with Gasteiger partial charge in [-0.25, -0.2) is 0 Å². The fourth-order valence-corrected chi connectivity index (χ4v) is 3.98. The quantitative estimate of drug-likeness (QED) is 0.446. The van der Waals surface area contributed by atoms with Crippen LogP contribution < -0.4 is 14.8 Å². The van der Waals surface area contributed by atoms with Crippen molar-refractivity contribution in [2.24, 2.45) is 0 Å². The number of nitrogens with one attached hydrogen (secondary N) is 1. The van der Waals surface area contributed by atoms with Crippen LogP contribution in [0.25, 0.3) is 0 Å². The van der Waals surface area contributed by atoms with Crippen molar-refractivity contribution in [1.29, 1.82) is 0 Å². The number of carbonyl (C=O) groups excluding carboxylic acids is 2. The van der Waals surface area contributed by atoms with Crippen LogP contribution in [0.4, 0.5) is 0 Å². The zero-order valence-electron chi connectivity index (χ0n) is 19.4. The minimum absolute atomic E-state index is 0.0208. The van der Waals surface area contributed by atoms with E-state index in [1.165, 1.54) is 18.1 Å². The SMILES string of the molecule is COc1cc(C(C)=O)ccc1OCCCC(=O)NC1CCN(Cc2ccccc2C)CC1. The van der Waals surface area contributed by atoms with E-state index in [1.807, 2.05) is 0 Å². The average molecular weight is 439 g/mol. The molecule has 3 rings (SSSR count). The van der Waals surface area contributed by atoms with E-state index in [2.05, 4.69) is 41.4 Å². The third kappa shape index (κ3) is 6.82. The third-order valence-corrected chi connectivity index (χ3v) is 5.98. The summed E-state index contributed by atoms with van der Waals surface area (Å²) in [4.78, 5) is 26.3. The lowest BCUT2D eigenvalue weighted by atomic mass is 10.0. The Hall–Kier alpha value is -2.86. The van der Waals surface area contributed by atoms with Crippen molar-refractivity contribution < 1.29 is 19.1 Å². The molecule has 0 atom stereocenters. The van der Waals surface area contributed by atoms with Crippen LogP contribution in [0.3, 0.4) is 0 Å². The van der Waals surface area contributed by atoms with E-state index in [9.17, 15) is 9.59 Å². The third-order valence-electron chi connectivity index (χ3n) is 5.98. The zero-order valence-corrected chi connectivity index (χ0v) is 19.4. The Morgan fingerprint density at radius 3 is 2.53 bits per heavy atom. The molecule has 172 valence electrons. The Bertz CT molecular complexity index is 920. The van der Waals surface area contributed by atoms with Gasteiger partial charge in [-0.3, -0.25) is 14.5 Å². The number of carbonyl (C=O) groups is 2. The summed E-state index contributed by atoms with van der Waals surface area (Å²) >= 11 is 0. The standard InChI is InChI=1S/C26H34N2O4/c1-19-7-4-5-8-22(19)18-28-14-12-23(13-15-28)27-26(30)9-6-16-32-24-11-10-21(20(2)29)17-25(24)31-3/h4-5,7-8,10-11,17,23H,6,9,12-16,18H2,1-3H3,(H,27,30). The molecule has 1 saturated heterocycles. The molecule has 0 aromatic heterocycles. The number of aryl methyl sites for hydroxylation is 1. The number of rotatable bonds is 10. The molecule has 1 amide bonds. The monoisotopic (exact) mass is 438 g/mol. The Morgan fingerprint density at radius 2 is 1.84 bits per heavy atom. The maximum atomic E-state index is 12.3. The van der Waals surface area contributed by atoms with Crippen LogP contribution in [0.5, 0.6) is 11.5 Å². The molecule has 0 spiro atoms. The smallest absolute Gasteiger partial charge is 0.220 e. The summed E-state index contributed by atoms with van der Waals surface area (Å²) in [5.41, 5.74) is 3.29. The second kappa shape index (κ2) is 11.7. The highest BCUT2D eigenvalue weighted by Gasteiger charge is 2.21. The molecule has 6 nitrogen and oxygen atoms in total. The van der Waals surface area contributed by atoms with Gasteiger partial charge in [0.2, 0.25) is 5.91 Å². The number of hydrogen-bond acceptors (Lipinski definition) is 5. The fourth-order valence-electron chi connectivity index (χ4n) is 3.98. The summed E-state index contributed by atoms with van der Waals surface area (Å²) in [7, 11) is 1.55. The molecular formula is C26H34N2O4. The molecule has 0 radical (unpaired) electrons. The van der Waals surface area contributed by atoms with Gasteiger partial charge >= 0.3 is 0 Å². The van der Waals surface area contributed by atoms with Crippen molar-refractivity contribution in [3.05, 3.63) is 59.2 Å². The van der Waals surface area contributed by atoms with E-state index in [1.54, 1.807) is 25.3 Å². The highest BCUT2D eigenvalue weighted by Crippen LogP contribution is 2.28. The molecular weight excluding hydrogens is 404 g/mol. The Morgan fingerprint density at radius 1 is 1.09 bits per heavy atom. The maximum Gasteiger partial charge on any atom is 0.220 e. The molecule has 1 heterocycles. The predicted molar refractivity (Wildman–Crippen MR) is 125 cm³/mol. The van der Waals surface area contributed by atoms with Crippen molar-refractivity contribution in [2.75, 3.05) is 26.8 Å². The number of piperidine rings is 1. The molecule has 1 N–H and O–H groups in total. The molecule has 1 aliphatic rings. The molecule has 0 saturated carbocycles. The summed E-state index contributed by atoms with van der Waals surface area (Å²) in [6.07, 6.45) is 3.01. The molecule has 32 heavy (non-hydrogen) atoms. The van der Waals surface area contributed by atoms with Gasteiger partial charge in [0, 0.05) is 37.7 Å². The molecule has 2 aromatic carbocycles. The van der Waals surface area contributed by atoms with Crippen molar-refractivity contribution in [3.63, 3.8) is 0 Å². The van der Waals surface area contributed by atoms with Gasteiger partial charge in [-0.05, 0) is 62.4 Å². The number of likely N-dealkylation sites (tertiary alicyclic amines) is 1. The Labute approximate surface area is 190 Å². The number of benzene rings is 2. The molecule has 0 bridgehead atoms. The van der Waals surface area contributed by atoms with Crippen LogP contribution >= 0.6 is 0 Å². The van der Waals surface area contributed by atoms with Gasteiger partial charge < -0.3 is 14.8 Å². The fraction of sp³-hybridized carbons (Fsp3) is 0.462.